The van der Waals surface area contributed by atoms with Crippen molar-refractivity contribution in [3.8, 4) is 0 Å². The molecule has 0 aromatic heterocycles. The largest absolute Gasteiger partial charge is 0.338 e. The monoisotopic (exact) mass is 310 g/mol. The summed E-state index contributed by atoms with van der Waals surface area (Å²) < 4.78 is 26.2. The lowest BCUT2D eigenvalue weighted by molar-refractivity contribution is 0.252. The fourth-order valence-electron chi connectivity index (χ4n) is 1.75. The van der Waals surface area contributed by atoms with Gasteiger partial charge in [0, 0.05) is 6.54 Å². The van der Waals surface area contributed by atoms with E-state index in [9.17, 15) is 13.6 Å². The number of para-hydroxylation sites is 1. The van der Waals surface area contributed by atoms with Crippen molar-refractivity contribution in [2.24, 2.45) is 0 Å². The highest BCUT2D eigenvalue weighted by Gasteiger charge is 2.09. The zero-order valence-electron chi connectivity index (χ0n) is 11.0. The van der Waals surface area contributed by atoms with Gasteiger partial charge in [-0.3, -0.25) is 0 Å². The summed E-state index contributed by atoms with van der Waals surface area (Å²) in [5.74, 6) is -0.908. The van der Waals surface area contributed by atoms with Gasteiger partial charge < -0.3 is 10.6 Å². The Morgan fingerprint density at radius 2 is 1.81 bits per heavy atom. The molecule has 2 aromatic carbocycles. The van der Waals surface area contributed by atoms with Crippen molar-refractivity contribution >= 4 is 23.3 Å². The van der Waals surface area contributed by atoms with Gasteiger partial charge in [0.25, 0.3) is 0 Å². The summed E-state index contributed by atoms with van der Waals surface area (Å²) in [5, 5.41) is 5.06. The molecule has 2 rings (SSSR count). The van der Waals surface area contributed by atoms with Crippen molar-refractivity contribution < 1.29 is 13.6 Å². The van der Waals surface area contributed by atoms with Crippen molar-refractivity contribution in [1.82, 2.24) is 5.32 Å². The molecule has 0 spiro atoms. The third-order valence-corrected chi connectivity index (χ3v) is 3.13. The average Bonchev–Trinajstić information content (AvgIpc) is 2.45. The fourth-order valence-corrected chi connectivity index (χ4v) is 1.96. The number of halogens is 3. The molecule has 0 aliphatic heterocycles. The lowest BCUT2D eigenvalue weighted by atomic mass is 10.1. The summed E-state index contributed by atoms with van der Waals surface area (Å²) in [4.78, 5) is 11.7. The Hall–Kier alpha value is -2.14. The van der Waals surface area contributed by atoms with Gasteiger partial charge in [0.15, 0.2) is 0 Å². The van der Waals surface area contributed by atoms with E-state index < -0.39 is 11.8 Å². The van der Waals surface area contributed by atoms with Crippen LogP contribution >= 0.6 is 11.6 Å². The number of hydrogen-bond acceptors (Lipinski definition) is 1. The normalized spacial score (nSPS) is 10.2. The third-order valence-electron chi connectivity index (χ3n) is 2.81. The quantitative estimate of drug-likeness (QED) is 0.881. The van der Waals surface area contributed by atoms with Crippen LogP contribution in [0.1, 0.15) is 5.56 Å². The molecule has 0 heterocycles. The molecule has 0 saturated carbocycles. The Labute approximate surface area is 125 Å². The molecule has 2 aromatic rings. The molecule has 2 amide bonds. The summed E-state index contributed by atoms with van der Waals surface area (Å²) in [5.41, 5.74) is 0.832. The molecule has 0 radical (unpaired) electrons. The smallest absolute Gasteiger partial charge is 0.319 e. The zero-order valence-corrected chi connectivity index (χ0v) is 11.8. The van der Waals surface area contributed by atoms with E-state index in [2.05, 4.69) is 10.6 Å². The van der Waals surface area contributed by atoms with Crippen LogP contribution in [0.3, 0.4) is 0 Å². The second-order valence-electron chi connectivity index (χ2n) is 4.35. The first-order valence-electron chi connectivity index (χ1n) is 6.29. The van der Waals surface area contributed by atoms with Gasteiger partial charge in [-0.25, -0.2) is 13.6 Å². The van der Waals surface area contributed by atoms with E-state index in [1.54, 1.807) is 12.1 Å². The minimum absolute atomic E-state index is 0.0570. The van der Waals surface area contributed by atoms with Crippen LogP contribution in [0.2, 0.25) is 5.02 Å². The van der Waals surface area contributed by atoms with Gasteiger partial charge in [-0.2, -0.15) is 0 Å². The molecule has 0 saturated heterocycles. The predicted octanol–water partition coefficient (Wildman–Crippen LogP) is 3.98. The molecule has 0 aliphatic carbocycles. The van der Waals surface area contributed by atoms with Gasteiger partial charge >= 0.3 is 6.03 Å². The number of carbonyl (C=O) groups excluding carboxylic acids is 1. The van der Waals surface area contributed by atoms with Crippen molar-refractivity contribution in [2.75, 3.05) is 11.9 Å². The van der Waals surface area contributed by atoms with E-state index in [4.69, 9.17) is 11.6 Å². The van der Waals surface area contributed by atoms with Crippen LogP contribution in [0.4, 0.5) is 19.3 Å². The second-order valence-corrected chi connectivity index (χ2v) is 4.76. The number of amides is 2. The molecule has 0 bridgehead atoms. The molecular formula is C15H13ClF2N2O. The minimum atomic E-state index is -0.601. The minimum Gasteiger partial charge on any atom is -0.338 e. The number of carbonyl (C=O) groups is 1. The van der Waals surface area contributed by atoms with E-state index in [0.29, 0.717) is 13.0 Å². The predicted molar refractivity (Wildman–Crippen MR) is 78.5 cm³/mol. The lowest BCUT2D eigenvalue weighted by Gasteiger charge is -2.09. The van der Waals surface area contributed by atoms with Crippen LogP contribution in [-0.4, -0.2) is 12.6 Å². The Morgan fingerprint density at radius 3 is 2.48 bits per heavy atom. The lowest BCUT2D eigenvalue weighted by Crippen LogP contribution is -2.30. The van der Waals surface area contributed by atoms with Gasteiger partial charge in [0.1, 0.15) is 11.6 Å². The van der Waals surface area contributed by atoms with Gasteiger partial charge in [0.2, 0.25) is 0 Å². The average molecular weight is 311 g/mol. The van der Waals surface area contributed by atoms with Crippen LogP contribution in [-0.2, 0) is 6.42 Å². The van der Waals surface area contributed by atoms with Crippen LogP contribution < -0.4 is 10.6 Å². The fraction of sp³-hybridized carbons (Fsp3) is 0.133. The third kappa shape index (κ3) is 4.43. The standard InChI is InChI=1S/C15H13ClF2N2O/c16-12-2-1-3-13(18)14(12)20-15(21)19-9-8-10-4-6-11(17)7-5-10/h1-7H,8-9H2,(H2,19,20,21). The summed E-state index contributed by atoms with van der Waals surface area (Å²) in [6, 6.07) is 9.59. The highest BCUT2D eigenvalue weighted by Crippen LogP contribution is 2.24. The number of nitrogens with one attached hydrogen (secondary N) is 2. The van der Waals surface area contributed by atoms with E-state index in [0.717, 1.165) is 5.56 Å². The first kappa shape index (κ1) is 15.3. The summed E-state index contributed by atoms with van der Waals surface area (Å²) in [6.07, 6.45) is 0.540. The van der Waals surface area contributed by atoms with Crippen LogP contribution in [0.25, 0.3) is 0 Å². The Bertz CT molecular complexity index is 612. The molecule has 6 heteroatoms. The van der Waals surface area contributed by atoms with Crippen LogP contribution in [0.5, 0.6) is 0 Å². The van der Waals surface area contributed by atoms with Crippen molar-refractivity contribution in [3.63, 3.8) is 0 Å². The van der Waals surface area contributed by atoms with Gasteiger partial charge in [-0.15, -0.1) is 0 Å². The Morgan fingerprint density at radius 1 is 1.10 bits per heavy atom. The number of urea groups is 1. The number of hydrogen-bond donors (Lipinski definition) is 2. The van der Waals surface area contributed by atoms with Crippen molar-refractivity contribution in [3.05, 3.63) is 64.7 Å². The van der Waals surface area contributed by atoms with E-state index in [1.807, 2.05) is 0 Å². The molecule has 0 aliphatic rings. The molecule has 21 heavy (non-hydrogen) atoms. The van der Waals surface area contributed by atoms with Gasteiger partial charge in [-0.05, 0) is 36.2 Å². The summed E-state index contributed by atoms with van der Waals surface area (Å²) in [6.45, 7) is 0.337. The second kappa shape index (κ2) is 7.04. The first-order chi connectivity index (χ1) is 10.1. The maximum atomic E-state index is 13.5. The molecule has 0 unspecified atom stereocenters. The zero-order chi connectivity index (χ0) is 15.2. The van der Waals surface area contributed by atoms with Crippen LogP contribution in [0, 0.1) is 11.6 Å². The summed E-state index contributed by atoms with van der Waals surface area (Å²) in [7, 11) is 0. The van der Waals surface area contributed by atoms with Crippen molar-refractivity contribution in [1.29, 1.82) is 0 Å². The highest BCUT2D eigenvalue weighted by molar-refractivity contribution is 6.33. The Balaban J connectivity index is 1.84. The summed E-state index contributed by atoms with van der Waals surface area (Å²) >= 11 is 5.80. The molecule has 110 valence electrons. The number of rotatable bonds is 4. The number of anilines is 1. The highest BCUT2D eigenvalue weighted by atomic mass is 35.5. The van der Waals surface area contributed by atoms with E-state index in [1.165, 1.54) is 30.3 Å². The Kier molecular flexibility index (Phi) is 5.11. The number of benzene rings is 2. The maximum Gasteiger partial charge on any atom is 0.319 e. The van der Waals surface area contributed by atoms with Gasteiger partial charge in [0.05, 0.1) is 10.7 Å². The van der Waals surface area contributed by atoms with Gasteiger partial charge in [-0.1, -0.05) is 29.8 Å². The maximum absolute atomic E-state index is 13.5. The van der Waals surface area contributed by atoms with E-state index >= 15 is 0 Å². The molecule has 2 N–H and O–H groups in total. The van der Waals surface area contributed by atoms with E-state index in [-0.39, 0.29) is 16.5 Å². The molecule has 0 fully saturated rings. The SMILES string of the molecule is O=C(NCCc1ccc(F)cc1)Nc1c(F)cccc1Cl. The molecule has 3 nitrogen and oxygen atoms in total. The molecule has 0 atom stereocenters. The topological polar surface area (TPSA) is 41.1 Å². The van der Waals surface area contributed by atoms with Crippen molar-refractivity contribution in [2.45, 2.75) is 6.42 Å². The first-order valence-corrected chi connectivity index (χ1v) is 6.67. The molecular weight excluding hydrogens is 298 g/mol. The van der Waals surface area contributed by atoms with Crippen LogP contribution in [0.15, 0.2) is 42.5 Å².